The Morgan fingerprint density at radius 2 is 2.11 bits per heavy atom. The van der Waals surface area contributed by atoms with Crippen molar-refractivity contribution in [2.45, 2.75) is 38.8 Å². The smallest absolute Gasteiger partial charge is 0.331 e. The fraction of sp³-hybridized carbons (Fsp3) is 0.389. The number of benzene rings is 1. The first-order chi connectivity index (χ1) is 13.0. The van der Waals surface area contributed by atoms with Gasteiger partial charge in [0.15, 0.2) is 11.5 Å². The third-order valence-corrected chi connectivity index (χ3v) is 4.55. The maximum atomic E-state index is 12.3. The summed E-state index contributed by atoms with van der Waals surface area (Å²) in [6, 6.07) is 4.69. The number of ether oxygens (including phenoxy) is 1. The van der Waals surface area contributed by atoms with Crippen molar-refractivity contribution in [3.05, 3.63) is 50.2 Å². The Kier molecular flexibility index (Phi) is 5.20. The minimum atomic E-state index is -0.677. The van der Waals surface area contributed by atoms with Crippen molar-refractivity contribution in [3.8, 4) is 17.4 Å². The van der Waals surface area contributed by atoms with Gasteiger partial charge in [0.2, 0.25) is 5.88 Å². The van der Waals surface area contributed by atoms with Gasteiger partial charge in [-0.3, -0.25) is 14.3 Å². The van der Waals surface area contributed by atoms with Crippen molar-refractivity contribution in [1.29, 1.82) is 0 Å². The van der Waals surface area contributed by atoms with Gasteiger partial charge in [0.05, 0.1) is 18.9 Å². The number of nitrogens with zero attached hydrogens (tertiary/aromatic N) is 2. The normalized spacial score (nSPS) is 16.1. The molecule has 0 radical (unpaired) electrons. The molecule has 0 amide bonds. The van der Waals surface area contributed by atoms with Crippen molar-refractivity contribution >= 4 is 5.71 Å². The van der Waals surface area contributed by atoms with Crippen LogP contribution in [0.5, 0.6) is 17.4 Å². The molecule has 2 aromatic rings. The number of hydrogen-bond acceptors (Lipinski definition) is 7. The van der Waals surface area contributed by atoms with E-state index in [0.29, 0.717) is 30.8 Å². The lowest BCUT2D eigenvalue weighted by molar-refractivity contribution is 0.372. The van der Waals surface area contributed by atoms with Crippen molar-refractivity contribution in [1.82, 2.24) is 15.0 Å². The van der Waals surface area contributed by atoms with E-state index < -0.39 is 11.2 Å². The van der Waals surface area contributed by atoms with Crippen LogP contribution in [-0.2, 0) is 6.54 Å². The summed E-state index contributed by atoms with van der Waals surface area (Å²) in [5.74, 6) is -0.0231. The van der Waals surface area contributed by atoms with Gasteiger partial charge in [0.1, 0.15) is 5.56 Å². The van der Waals surface area contributed by atoms with Crippen LogP contribution in [0.2, 0.25) is 0 Å². The minimum Gasteiger partial charge on any atom is -0.504 e. The summed E-state index contributed by atoms with van der Waals surface area (Å²) in [7, 11) is 1.46. The third-order valence-electron chi connectivity index (χ3n) is 4.55. The van der Waals surface area contributed by atoms with Gasteiger partial charge in [-0.25, -0.2) is 4.79 Å². The molecule has 0 saturated carbocycles. The monoisotopic (exact) mass is 374 g/mol. The maximum Gasteiger partial charge on any atom is 0.331 e. The number of H-pyrrole nitrogens is 1. The number of hydrazone groups is 1. The molecule has 0 spiro atoms. The predicted molar refractivity (Wildman–Crippen MR) is 99.6 cm³/mol. The molecule has 1 aliphatic rings. The molecule has 144 valence electrons. The molecule has 4 N–H and O–H groups in total. The Hall–Kier alpha value is -3.23. The van der Waals surface area contributed by atoms with Gasteiger partial charge in [0, 0.05) is 13.0 Å². The average Bonchev–Trinajstić information content (AvgIpc) is 3.11. The number of aromatic amines is 1. The number of aromatic nitrogens is 2. The number of hydrogen-bond donors (Lipinski definition) is 4. The Labute approximate surface area is 154 Å². The quantitative estimate of drug-likeness (QED) is 0.601. The van der Waals surface area contributed by atoms with Gasteiger partial charge >= 0.3 is 5.69 Å². The highest BCUT2D eigenvalue weighted by atomic mass is 16.5. The van der Waals surface area contributed by atoms with Crippen LogP contribution in [0.4, 0.5) is 0 Å². The molecule has 1 unspecified atom stereocenters. The highest BCUT2D eigenvalue weighted by molar-refractivity contribution is 6.03. The standard InChI is InChI=1S/C18H22N4O5/c1-3-4-7-22-17(25)15(16(24)19-18(22)26)12-9-11(20-21-12)10-5-6-14(27-2)13(23)8-10/h5-6,8,11,20,23,25H,3-4,7,9H2,1-2H3,(H,19,24,26). The van der Waals surface area contributed by atoms with Gasteiger partial charge in [-0.1, -0.05) is 19.4 Å². The van der Waals surface area contributed by atoms with Crippen molar-refractivity contribution in [2.24, 2.45) is 5.10 Å². The minimum absolute atomic E-state index is 0.000871. The molecule has 1 aromatic heterocycles. The molecule has 2 heterocycles. The zero-order valence-electron chi connectivity index (χ0n) is 15.2. The maximum absolute atomic E-state index is 12.3. The lowest BCUT2D eigenvalue weighted by Crippen LogP contribution is -2.33. The lowest BCUT2D eigenvalue weighted by Gasteiger charge is -2.13. The van der Waals surface area contributed by atoms with E-state index in [1.54, 1.807) is 18.2 Å². The fourth-order valence-corrected chi connectivity index (χ4v) is 3.06. The third kappa shape index (κ3) is 3.53. The summed E-state index contributed by atoms with van der Waals surface area (Å²) >= 11 is 0. The summed E-state index contributed by atoms with van der Waals surface area (Å²) in [5, 5.41) is 24.6. The average molecular weight is 374 g/mol. The number of phenolic OH excluding ortho intramolecular Hbond substituents is 1. The van der Waals surface area contributed by atoms with Crippen molar-refractivity contribution < 1.29 is 14.9 Å². The van der Waals surface area contributed by atoms with E-state index in [2.05, 4.69) is 15.5 Å². The summed E-state index contributed by atoms with van der Waals surface area (Å²) in [6.45, 7) is 2.27. The van der Waals surface area contributed by atoms with E-state index in [1.807, 2.05) is 6.92 Å². The van der Waals surface area contributed by atoms with Crippen molar-refractivity contribution in [3.63, 3.8) is 0 Å². The lowest BCUT2D eigenvalue weighted by atomic mass is 9.99. The molecule has 27 heavy (non-hydrogen) atoms. The van der Waals surface area contributed by atoms with Crippen LogP contribution in [0.3, 0.4) is 0 Å². The first kappa shape index (κ1) is 18.6. The zero-order valence-corrected chi connectivity index (χ0v) is 15.2. The summed E-state index contributed by atoms with van der Waals surface area (Å²) in [4.78, 5) is 26.5. The Morgan fingerprint density at radius 1 is 1.33 bits per heavy atom. The molecule has 1 atom stereocenters. The molecular weight excluding hydrogens is 352 g/mol. The molecule has 0 saturated heterocycles. The molecule has 3 rings (SSSR count). The van der Waals surface area contributed by atoms with Gasteiger partial charge in [0.25, 0.3) is 5.56 Å². The van der Waals surface area contributed by atoms with Crippen LogP contribution in [0.25, 0.3) is 0 Å². The molecule has 1 aliphatic heterocycles. The van der Waals surface area contributed by atoms with E-state index in [1.165, 1.54) is 7.11 Å². The Morgan fingerprint density at radius 3 is 2.78 bits per heavy atom. The highest BCUT2D eigenvalue weighted by Crippen LogP contribution is 2.32. The second-order valence-corrected chi connectivity index (χ2v) is 6.34. The van der Waals surface area contributed by atoms with E-state index in [-0.39, 0.29) is 23.2 Å². The topological polar surface area (TPSA) is 129 Å². The Balaban J connectivity index is 1.90. The molecule has 0 bridgehead atoms. The summed E-state index contributed by atoms with van der Waals surface area (Å²) < 4.78 is 6.18. The van der Waals surface area contributed by atoms with E-state index in [4.69, 9.17) is 4.74 Å². The molecule has 0 fully saturated rings. The van der Waals surface area contributed by atoms with E-state index in [9.17, 15) is 19.8 Å². The first-order valence-electron chi connectivity index (χ1n) is 8.71. The number of methoxy groups -OCH3 is 1. The second kappa shape index (κ2) is 7.56. The molecule has 9 heteroatoms. The summed E-state index contributed by atoms with van der Waals surface area (Å²) in [6.07, 6.45) is 1.84. The van der Waals surface area contributed by atoms with Gasteiger partial charge in [-0.15, -0.1) is 0 Å². The predicted octanol–water partition coefficient (Wildman–Crippen LogP) is 1.20. The SMILES string of the molecule is CCCCn1c(O)c(C2=NNC(c3ccc(OC)c(O)c3)C2)c(=O)[nH]c1=O. The van der Waals surface area contributed by atoms with Crippen LogP contribution in [-0.4, -0.2) is 32.6 Å². The van der Waals surface area contributed by atoms with Gasteiger partial charge in [-0.2, -0.15) is 5.10 Å². The van der Waals surface area contributed by atoms with Crippen LogP contribution < -0.4 is 21.4 Å². The van der Waals surface area contributed by atoms with E-state index in [0.717, 1.165) is 16.6 Å². The molecular formula is C18H22N4O5. The number of rotatable bonds is 6. The second-order valence-electron chi connectivity index (χ2n) is 6.34. The van der Waals surface area contributed by atoms with Crippen LogP contribution >= 0.6 is 0 Å². The highest BCUT2D eigenvalue weighted by Gasteiger charge is 2.27. The number of aromatic hydroxyl groups is 2. The number of unbranched alkanes of at least 4 members (excludes halogenated alkanes) is 1. The Bertz CT molecular complexity index is 992. The number of nitrogens with one attached hydrogen (secondary N) is 2. The number of phenols is 1. The van der Waals surface area contributed by atoms with E-state index >= 15 is 0 Å². The summed E-state index contributed by atoms with van der Waals surface area (Å²) in [5.41, 5.74) is 2.67. The van der Waals surface area contributed by atoms with Gasteiger partial charge < -0.3 is 20.4 Å². The largest absolute Gasteiger partial charge is 0.504 e. The van der Waals surface area contributed by atoms with Crippen LogP contribution in [0.15, 0.2) is 32.9 Å². The molecule has 1 aromatic carbocycles. The fourth-order valence-electron chi connectivity index (χ4n) is 3.06. The molecule has 0 aliphatic carbocycles. The van der Waals surface area contributed by atoms with Crippen LogP contribution in [0, 0.1) is 0 Å². The zero-order chi connectivity index (χ0) is 19.6. The van der Waals surface area contributed by atoms with Gasteiger partial charge in [-0.05, 0) is 24.1 Å². The van der Waals surface area contributed by atoms with Crippen molar-refractivity contribution in [2.75, 3.05) is 7.11 Å². The first-order valence-corrected chi connectivity index (χ1v) is 8.71. The van der Waals surface area contributed by atoms with Crippen LogP contribution in [0.1, 0.15) is 43.4 Å². The molecule has 9 nitrogen and oxygen atoms in total.